The molecular weight excluding hydrogens is 455 g/mol. The highest BCUT2D eigenvalue weighted by atomic mass is 19.1. The van der Waals surface area contributed by atoms with E-state index < -0.39 is 30.1 Å². The van der Waals surface area contributed by atoms with Gasteiger partial charge in [-0.2, -0.15) is 0 Å². The number of hydrogen-bond acceptors (Lipinski definition) is 7. The number of nitrogens with zero attached hydrogens (tertiary/aromatic N) is 4. The molecule has 0 spiro atoms. The van der Waals surface area contributed by atoms with Crippen LogP contribution in [-0.4, -0.2) is 48.3 Å². The number of aliphatic carboxylic acids is 1. The number of aliphatic hydroxyl groups excluding tert-OH is 1. The van der Waals surface area contributed by atoms with Gasteiger partial charge in [-0.25, -0.2) is 9.07 Å². The summed E-state index contributed by atoms with van der Waals surface area (Å²) in [6, 6.07) is 15.1. The minimum absolute atomic E-state index is 0.324. The molecule has 0 saturated heterocycles. The highest BCUT2D eigenvalue weighted by Gasteiger charge is 2.21. The summed E-state index contributed by atoms with van der Waals surface area (Å²) >= 11 is 0. The number of halogens is 1. The molecule has 2 aromatic carbocycles. The third-order valence-corrected chi connectivity index (χ3v) is 5.21. The molecule has 0 aliphatic rings. The molecule has 0 radical (unpaired) electrons. The summed E-state index contributed by atoms with van der Waals surface area (Å²) in [5.41, 5.74) is 2.21. The van der Waals surface area contributed by atoms with Gasteiger partial charge in [-0.05, 0) is 40.3 Å². The number of carbonyl (C=O) groups excluding carboxylic acids is 1. The van der Waals surface area contributed by atoms with Crippen molar-refractivity contribution in [2.45, 2.75) is 18.9 Å². The molecule has 1 unspecified atom stereocenters. The Bertz CT molecular complexity index is 1400. The van der Waals surface area contributed by atoms with E-state index in [0.29, 0.717) is 33.9 Å². The van der Waals surface area contributed by atoms with Gasteiger partial charge in [-0.1, -0.05) is 42.5 Å². The Morgan fingerprint density at radius 1 is 1.17 bits per heavy atom. The second-order valence-electron chi connectivity index (χ2n) is 7.81. The molecule has 0 aliphatic carbocycles. The molecule has 0 amide bonds. The number of aromatic nitrogens is 4. The zero-order chi connectivity index (χ0) is 24.9. The minimum Gasteiger partial charge on any atom is -0.481 e. The summed E-state index contributed by atoms with van der Waals surface area (Å²) in [4.78, 5) is 22.6. The average Bonchev–Trinajstić information content (AvgIpc) is 3.42. The predicted molar refractivity (Wildman–Crippen MR) is 124 cm³/mol. The molecule has 0 aliphatic heterocycles. The van der Waals surface area contributed by atoms with Crippen LogP contribution in [0.1, 0.15) is 30.0 Å². The molecule has 178 valence electrons. The number of carboxylic acids is 1. The summed E-state index contributed by atoms with van der Waals surface area (Å²) in [5, 5.41) is 31.7. The zero-order valence-corrected chi connectivity index (χ0v) is 18.6. The predicted octanol–water partition coefficient (Wildman–Crippen LogP) is 3.41. The Hall–Kier alpha value is -4.44. The van der Waals surface area contributed by atoms with Gasteiger partial charge in [0.25, 0.3) is 0 Å². The first kappa shape index (κ1) is 23.7. The van der Waals surface area contributed by atoms with Crippen LogP contribution in [0.4, 0.5) is 4.39 Å². The summed E-state index contributed by atoms with van der Waals surface area (Å²) in [6.45, 7) is 0. The Labute approximate surface area is 198 Å². The lowest BCUT2D eigenvalue weighted by Crippen LogP contribution is -2.14. The van der Waals surface area contributed by atoms with Gasteiger partial charge < -0.3 is 14.6 Å². The number of Topliss-reactive ketones (excluding diaryl/α,β-unsaturated/α-hetero) is 1. The number of furan rings is 1. The summed E-state index contributed by atoms with van der Waals surface area (Å²) in [6.07, 6.45) is 0.597. The first-order valence-electron chi connectivity index (χ1n) is 10.6. The molecule has 0 saturated carbocycles. The minimum atomic E-state index is -1.26. The van der Waals surface area contributed by atoms with Gasteiger partial charge in [0, 0.05) is 30.0 Å². The maximum absolute atomic E-state index is 13.7. The number of carbonyl (C=O) groups is 2. The fraction of sp³-hybridized carbons (Fsp3) is 0.160. The third kappa shape index (κ3) is 5.56. The van der Waals surface area contributed by atoms with E-state index >= 15 is 0 Å². The monoisotopic (exact) mass is 476 g/mol. The number of carboxylic acid groups (broad SMARTS) is 1. The molecule has 2 N–H and O–H groups in total. The van der Waals surface area contributed by atoms with E-state index in [1.165, 1.54) is 29.0 Å². The average molecular weight is 476 g/mol. The molecule has 4 rings (SSSR count). The van der Waals surface area contributed by atoms with Crippen LogP contribution in [-0.2, 0) is 16.6 Å². The van der Waals surface area contributed by atoms with Crippen molar-refractivity contribution in [1.82, 2.24) is 20.2 Å². The summed E-state index contributed by atoms with van der Waals surface area (Å²) in [7, 11) is 1.64. The van der Waals surface area contributed by atoms with E-state index in [0.717, 1.165) is 5.39 Å². The zero-order valence-electron chi connectivity index (χ0n) is 18.6. The summed E-state index contributed by atoms with van der Waals surface area (Å²) < 4.78 is 21.3. The smallest absolute Gasteiger partial charge is 0.310 e. The lowest BCUT2D eigenvalue weighted by molar-refractivity contribution is -0.140. The fourth-order valence-corrected chi connectivity index (χ4v) is 3.63. The van der Waals surface area contributed by atoms with E-state index in [1.54, 1.807) is 19.2 Å². The quantitative estimate of drug-likeness (QED) is 0.278. The molecule has 10 heteroatoms. The van der Waals surface area contributed by atoms with Gasteiger partial charge >= 0.3 is 5.97 Å². The number of fused-ring (bicyclic) bond motifs is 1. The Morgan fingerprint density at radius 3 is 2.57 bits per heavy atom. The molecule has 9 nitrogen and oxygen atoms in total. The SMILES string of the molecule is Cn1nnnc1C(/C=C/C(O)CC(=O)CC(=O)O)=C(/c1ccc(F)cc1)c1cc2ccccc2o1. The first-order chi connectivity index (χ1) is 16.8. The lowest BCUT2D eigenvalue weighted by atomic mass is 9.95. The highest BCUT2D eigenvalue weighted by Crippen LogP contribution is 2.35. The van der Waals surface area contributed by atoms with Crippen molar-refractivity contribution < 1.29 is 28.6 Å². The van der Waals surface area contributed by atoms with Crippen molar-refractivity contribution in [3.8, 4) is 0 Å². The topological polar surface area (TPSA) is 131 Å². The fourth-order valence-electron chi connectivity index (χ4n) is 3.63. The third-order valence-electron chi connectivity index (χ3n) is 5.21. The van der Waals surface area contributed by atoms with Crippen LogP contribution in [0.15, 0.2) is 71.2 Å². The van der Waals surface area contributed by atoms with E-state index in [9.17, 15) is 19.1 Å². The number of para-hydroxylation sites is 1. The van der Waals surface area contributed by atoms with Crippen LogP contribution < -0.4 is 0 Å². The van der Waals surface area contributed by atoms with Crippen LogP contribution in [0, 0.1) is 5.82 Å². The van der Waals surface area contributed by atoms with Gasteiger partial charge in [0.1, 0.15) is 29.4 Å². The van der Waals surface area contributed by atoms with Gasteiger partial charge in [-0.3, -0.25) is 9.59 Å². The Morgan fingerprint density at radius 2 is 1.91 bits per heavy atom. The maximum atomic E-state index is 13.7. The number of hydrogen-bond donors (Lipinski definition) is 2. The van der Waals surface area contributed by atoms with E-state index in [1.807, 2.05) is 30.3 Å². The van der Waals surface area contributed by atoms with Crippen molar-refractivity contribution >= 4 is 33.9 Å². The van der Waals surface area contributed by atoms with Gasteiger partial charge in [0.2, 0.25) is 0 Å². The molecule has 2 heterocycles. The second-order valence-corrected chi connectivity index (χ2v) is 7.81. The standard InChI is InChI=1S/C25H21FN4O5/c1-30-25(27-28-29-30)20(11-10-18(31)13-19(32)14-23(33)34)24(15-6-8-17(26)9-7-15)22-12-16-4-2-3-5-21(16)35-22/h2-12,18,31H,13-14H2,1H3,(H,33,34)/b11-10+,24-20-. The van der Waals surface area contributed by atoms with Crippen molar-refractivity contribution in [3.05, 3.63) is 89.7 Å². The van der Waals surface area contributed by atoms with E-state index in [-0.39, 0.29) is 6.42 Å². The largest absolute Gasteiger partial charge is 0.481 e. The number of rotatable bonds is 9. The highest BCUT2D eigenvalue weighted by molar-refractivity contribution is 6.01. The molecule has 0 fully saturated rings. The number of allylic oxidation sites excluding steroid dienone is 2. The van der Waals surface area contributed by atoms with E-state index in [4.69, 9.17) is 9.52 Å². The van der Waals surface area contributed by atoms with Crippen molar-refractivity contribution in [2.24, 2.45) is 7.05 Å². The molecule has 4 aromatic rings. The van der Waals surface area contributed by atoms with Gasteiger partial charge in [0.15, 0.2) is 5.82 Å². The van der Waals surface area contributed by atoms with Crippen molar-refractivity contribution in [3.63, 3.8) is 0 Å². The normalized spacial score (nSPS) is 13.2. The number of tetrazole rings is 1. The Kier molecular flexibility index (Phi) is 6.93. The van der Waals surface area contributed by atoms with Crippen LogP contribution in [0.5, 0.6) is 0 Å². The molecule has 2 aromatic heterocycles. The van der Waals surface area contributed by atoms with Crippen LogP contribution in [0.2, 0.25) is 0 Å². The first-order valence-corrected chi connectivity index (χ1v) is 10.6. The molecule has 35 heavy (non-hydrogen) atoms. The van der Waals surface area contributed by atoms with Gasteiger partial charge in [-0.15, -0.1) is 5.10 Å². The molecule has 0 bridgehead atoms. The lowest BCUT2D eigenvalue weighted by Gasteiger charge is -2.12. The summed E-state index contributed by atoms with van der Waals surface area (Å²) in [5.74, 6) is -1.51. The molecular formula is C25H21FN4O5. The van der Waals surface area contributed by atoms with Crippen molar-refractivity contribution in [2.75, 3.05) is 0 Å². The number of aryl methyl sites for hydroxylation is 1. The second kappa shape index (κ2) is 10.2. The Balaban J connectivity index is 1.88. The number of ketones is 1. The van der Waals surface area contributed by atoms with Crippen molar-refractivity contribution in [1.29, 1.82) is 0 Å². The van der Waals surface area contributed by atoms with Gasteiger partial charge in [0.05, 0.1) is 6.10 Å². The maximum Gasteiger partial charge on any atom is 0.310 e. The van der Waals surface area contributed by atoms with Crippen LogP contribution in [0.3, 0.4) is 0 Å². The van der Waals surface area contributed by atoms with Crippen LogP contribution >= 0.6 is 0 Å². The van der Waals surface area contributed by atoms with Crippen LogP contribution in [0.25, 0.3) is 22.1 Å². The van der Waals surface area contributed by atoms with E-state index in [2.05, 4.69) is 15.5 Å². The number of benzene rings is 2. The molecule has 1 atom stereocenters. The number of aliphatic hydroxyl groups is 1.